The molecule has 1 saturated carbocycles. The summed E-state index contributed by atoms with van der Waals surface area (Å²) in [4.78, 5) is 2.38. The molecule has 1 fully saturated rings. The highest BCUT2D eigenvalue weighted by molar-refractivity contribution is 5.18. The van der Waals surface area contributed by atoms with Gasteiger partial charge in [0.05, 0.1) is 0 Å². The van der Waals surface area contributed by atoms with Crippen LogP contribution in [0.5, 0.6) is 0 Å². The maximum atomic E-state index is 2.38. The lowest BCUT2D eigenvalue weighted by Gasteiger charge is -2.31. The molecule has 1 aromatic carbocycles. The Bertz CT molecular complexity index is 312. The molecule has 1 heteroatoms. The average Bonchev–Trinajstić information content (AvgIpc) is 2.38. The van der Waals surface area contributed by atoms with Crippen LogP contribution in [0.15, 0.2) is 30.3 Å². The fourth-order valence-electron chi connectivity index (χ4n) is 3.06. The third-order valence-electron chi connectivity index (χ3n) is 4.09. The molecule has 94 valence electrons. The van der Waals surface area contributed by atoms with E-state index in [9.17, 15) is 0 Å². The van der Waals surface area contributed by atoms with Crippen molar-refractivity contribution in [2.45, 2.75) is 44.6 Å². The molecule has 0 N–H and O–H groups in total. The van der Waals surface area contributed by atoms with Gasteiger partial charge in [-0.1, -0.05) is 62.4 Å². The normalized spacial score (nSPS) is 19.5. The van der Waals surface area contributed by atoms with Gasteiger partial charge in [0.15, 0.2) is 0 Å². The lowest BCUT2D eigenvalue weighted by atomic mass is 9.83. The smallest absolute Gasteiger partial charge is 0.0344 e. The van der Waals surface area contributed by atoms with Gasteiger partial charge in [-0.05, 0) is 32.0 Å². The Morgan fingerprint density at radius 3 is 2.29 bits per heavy atom. The number of hydrogen-bond acceptors (Lipinski definition) is 1. The molecule has 17 heavy (non-hydrogen) atoms. The van der Waals surface area contributed by atoms with Crippen molar-refractivity contribution in [1.29, 1.82) is 0 Å². The van der Waals surface area contributed by atoms with Crippen LogP contribution in [0.1, 0.15) is 50.1 Å². The maximum Gasteiger partial charge on any atom is 0.0344 e. The zero-order valence-corrected chi connectivity index (χ0v) is 11.2. The first-order valence-corrected chi connectivity index (χ1v) is 6.98. The quantitative estimate of drug-likeness (QED) is 0.748. The molecule has 0 amide bonds. The lowest BCUT2D eigenvalue weighted by molar-refractivity contribution is 0.218. The van der Waals surface area contributed by atoms with Crippen molar-refractivity contribution < 1.29 is 0 Å². The molecule has 2 rings (SSSR count). The monoisotopic (exact) mass is 231 g/mol. The van der Waals surface area contributed by atoms with Crippen LogP contribution < -0.4 is 0 Å². The molecular weight excluding hydrogens is 206 g/mol. The Morgan fingerprint density at radius 2 is 1.71 bits per heavy atom. The second kappa shape index (κ2) is 6.20. The fourth-order valence-corrected chi connectivity index (χ4v) is 3.06. The van der Waals surface area contributed by atoms with E-state index in [0.717, 1.165) is 5.92 Å². The third kappa shape index (κ3) is 3.57. The molecule has 1 aromatic rings. The van der Waals surface area contributed by atoms with Crippen molar-refractivity contribution in [3.05, 3.63) is 35.9 Å². The summed E-state index contributed by atoms with van der Waals surface area (Å²) in [5, 5.41) is 0. The molecule has 1 aliphatic carbocycles. The van der Waals surface area contributed by atoms with Gasteiger partial charge < -0.3 is 4.90 Å². The Kier molecular flexibility index (Phi) is 4.61. The van der Waals surface area contributed by atoms with Crippen LogP contribution >= 0.6 is 0 Å². The second-order valence-corrected chi connectivity index (χ2v) is 5.63. The number of benzene rings is 1. The first-order chi connectivity index (χ1) is 8.27. The van der Waals surface area contributed by atoms with E-state index in [1.807, 2.05) is 0 Å². The van der Waals surface area contributed by atoms with Crippen molar-refractivity contribution in [3.63, 3.8) is 0 Å². The van der Waals surface area contributed by atoms with E-state index in [0.29, 0.717) is 6.04 Å². The molecule has 0 spiro atoms. The Balaban J connectivity index is 2.02. The highest BCUT2D eigenvalue weighted by atomic mass is 15.1. The highest BCUT2D eigenvalue weighted by Gasteiger charge is 2.21. The number of hydrogen-bond donors (Lipinski definition) is 0. The van der Waals surface area contributed by atoms with Crippen LogP contribution in [0.3, 0.4) is 0 Å². The van der Waals surface area contributed by atoms with Crippen LogP contribution in [0.4, 0.5) is 0 Å². The SMILES string of the molecule is CN(C)C(CC1CCCCC1)c1ccccc1. The maximum absolute atomic E-state index is 2.38. The minimum atomic E-state index is 0.597. The van der Waals surface area contributed by atoms with E-state index in [2.05, 4.69) is 49.3 Å². The molecule has 1 aliphatic rings. The Labute approximate surface area is 106 Å². The summed E-state index contributed by atoms with van der Waals surface area (Å²) in [5.41, 5.74) is 1.48. The van der Waals surface area contributed by atoms with E-state index >= 15 is 0 Å². The van der Waals surface area contributed by atoms with Gasteiger partial charge in [-0.25, -0.2) is 0 Å². The molecule has 1 nitrogen and oxygen atoms in total. The molecule has 0 radical (unpaired) electrons. The van der Waals surface area contributed by atoms with Crippen LogP contribution in [0, 0.1) is 5.92 Å². The van der Waals surface area contributed by atoms with E-state index in [4.69, 9.17) is 0 Å². The van der Waals surface area contributed by atoms with E-state index in [1.165, 1.54) is 44.1 Å². The second-order valence-electron chi connectivity index (χ2n) is 5.63. The average molecular weight is 231 g/mol. The lowest BCUT2D eigenvalue weighted by Crippen LogP contribution is -2.23. The van der Waals surface area contributed by atoms with Gasteiger partial charge in [0.1, 0.15) is 0 Å². The van der Waals surface area contributed by atoms with Gasteiger partial charge in [0.25, 0.3) is 0 Å². The number of rotatable bonds is 4. The first-order valence-electron chi connectivity index (χ1n) is 6.98. The number of nitrogens with zero attached hydrogens (tertiary/aromatic N) is 1. The topological polar surface area (TPSA) is 3.24 Å². The molecule has 0 aromatic heterocycles. The van der Waals surface area contributed by atoms with Crippen LogP contribution in [0.2, 0.25) is 0 Å². The van der Waals surface area contributed by atoms with Gasteiger partial charge in [0.2, 0.25) is 0 Å². The Hall–Kier alpha value is -0.820. The van der Waals surface area contributed by atoms with Crippen molar-refractivity contribution in [2.24, 2.45) is 5.92 Å². The summed E-state index contributed by atoms with van der Waals surface area (Å²) in [7, 11) is 4.42. The summed E-state index contributed by atoms with van der Waals surface area (Å²) in [6.45, 7) is 0. The first kappa shape index (κ1) is 12.6. The van der Waals surface area contributed by atoms with Crippen molar-refractivity contribution in [1.82, 2.24) is 4.90 Å². The molecule has 1 unspecified atom stereocenters. The summed E-state index contributed by atoms with van der Waals surface area (Å²) in [6, 6.07) is 11.6. The van der Waals surface area contributed by atoms with Crippen molar-refractivity contribution >= 4 is 0 Å². The molecule has 0 bridgehead atoms. The van der Waals surface area contributed by atoms with Gasteiger partial charge >= 0.3 is 0 Å². The van der Waals surface area contributed by atoms with Gasteiger partial charge in [-0.2, -0.15) is 0 Å². The zero-order valence-electron chi connectivity index (χ0n) is 11.2. The minimum Gasteiger partial charge on any atom is -0.302 e. The predicted molar refractivity (Wildman–Crippen MR) is 74.1 cm³/mol. The van der Waals surface area contributed by atoms with Crippen molar-refractivity contribution in [2.75, 3.05) is 14.1 Å². The molecular formula is C16H25N. The van der Waals surface area contributed by atoms with Crippen molar-refractivity contribution in [3.8, 4) is 0 Å². The molecule has 0 saturated heterocycles. The van der Waals surface area contributed by atoms with E-state index in [1.54, 1.807) is 0 Å². The fraction of sp³-hybridized carbons (Fsp3) is 0.625. The van der Waals surface area contributed by atoms with E-state index in [-0.39, 0.29) is 0 Å². The molecule has 0 aliphatic heterocycles. The largest absolute Gasteiger partial charge is 0.302 e. The van der Waals surface area contributed by atoms with Gasteiger partial charge in [0, 0.05) is 6.04 Å². The van der Waals surface area contributed by atoms with Gasteiger partial charge in [-0.15, -0.1) is 0 Å². The van der Waals surface area contributed by atoms with Crippen LogP contribution in [0.25, 0.3) is 0 Å². The summed E-state index contributed by atoms with van der Waals surface area (Å²) < 4.78 is 0. The van der Waals surface area contributed by atoms with Gasteiger partial charge in [-0.3, -0.25) is 0 Å². The zero-order chi connectivity index (χ0) is 12.1. The summed E-state index contributed by atoms with van der Waals surface area (Å²) >= 11 is 0. The van der Waals surface area contributed by atoms with Crippen LogP contribution in [-0.4, -0.2) is 19.0 Å². The van der Waals surface area contributed by atoms with E-state index < -0.39 is 0 Å². The minimum absolute atomic E-state index is 0.597. The standard InChI is InChI=1S/C16H25N/c1-17(2)16(15-11-7-4-8-12-15)13-14-9-5-3-6-10-14/h4,7-8,11-12,14,16H,3,5-6,9-10,13H2,1-2H3. The third-order valence-corrected chi connectivity index (χ3v) is 4.09. The Morgan fingerprint density at radius 1 is 1.06 bits per heavy atom. The summed E-state index contributed by atoms with van der Waals surface area (Å²) in [5.74, 6) is 0.941. The van der Waals surface area contributed by atoms with Crippen LogP contribution in [-0.2, 0) is 0 Å². The highest BCUT2D eigenvalue weighted by Crippen LogP contribution is 2.33. The molecule has 0 heterocycles. The molecule has 1 atom stereocenters. The predicted octanol–water partition coefficient (Wildman–Crippen LogP) is 4.26. The summed E-state index contributed by atoms with van der Waals surface area (Å²) in [6.07, 6.45) is 8.55.